The van der Waals surface area contributed by atoms with Crippen molar-refractivity contribution in [3.63, 3.8) is 0 Å². The maximum Gasteiger partial charge on any atom is 0.266 e. The molecule has 2 aromatic carbocycles. The fourth-order valence-corrected chi connectivity index (χ4v) is 3.88. The lowest BCUT2D eigenvalue weighted by Gasteiger charge is -2.13. The molecule has 0 saturated carbocycles. The topological polar surface area (TPSA) is 73.8 Å². The minimum absolute atomic E-state index is 0.172. The van der Waals surface area contributed by atoms with E-state index >= 15 is 0 Å². The molecule has 2 heterocycles. The summed E-state index contributed by atoms with van der Waals surface area (Å²) in [5.41, 5.74) is 1.01. The normalized spacial score (nSPS) is 11.5. The minimum Gasteiger partial charge on any atom is -0.338 e. The van der Waals surface area contributed by atoms with Gasteiger partial charge in [0.1, 0.15) is 0 Å². The van der Waals surface area contributed by atoms with Crippen molar-refractivity contribution in [3.05, 3.63) is 74.6 Å². The Morgan fingerprint density at radius 1 is 1.07 bits per heavy atom. The van der Waals surface area contributed by atoms with Crippen LogP contribution >= 0.6 is 35.0 Å². The van der Waals surface area contributed by atoms with Crippen LogP contribution in [0.1, 0.15) is 31.5 Å². The molecule has 0 bridgehead atoms. The summed E-state index contributed by atoms with van der Waals surface area (Å²) in [5.74, 6) is 1.67. The number of halogens is 2. The predicted octanol–water partition coefficient (Wildman–Crippen LogP) is 5.49. The van der Waals surface area contributed by atoms with Crippen LogP contribution in [0.15, 0.2) is 56.9 Å². The van der Waals surface area contributed by atoms with Crippen molar-refractivity contribution in [1.82, 2.24) is 19.7 Å². The molecule has 0 N–H and O–H groups in total. The third kappa shape index (κ3) is 4.17. The highest BCUT2D eigenvalue weighted by atomic mass is 35.5. The van der Waals surface area contributed by atoms with Crippen molar-refractivity contribution in [1.29, 1.82) is 0 Å². The molecule has 29 heavy (non-hydrogen) atoms. The molecular formula is C20H16Cl2N4O2S. The Hall–Kier alpha value is -2.35. The second kappa shape index (κ2) is 8.18. The molecule has 0 spiro atoms. The van der Waals surface area contributed by atoms with Crippen molar-refractivity contribution in [2.45, 2.75) is 30.7 Å². The first-order valence-electron chi connectivity index (χ1n) is 8.86. The van der Waals surface area contributed by atoms with Gasteiger partial charge in [-0.1, -0.05) is 54.0 Å². The maximum atomic E-state index is 13.2. The van der Waals surface area contributed by atoms with E-state index in [1.54, 1.807) is 47.0 Å². The fourth-order valence-electron chi connectivity index (χ4n) is 2.74. The molecule has 2 aromatic heterocycles. The summed E-state index contributed by atoms with van der Waals surface area (Å²) in [6.45, 7) is 3.99. The second-order valence-corrected chi connectivity index (χ2v) is 8.48. The molecule has 4 rings (SSSR count). The monoisotopic (exact) mass is 446 g/mol. The lowest BCUT2D eigenvalue weighted by Crippen LogP contribution is -2.21. The highest BCUT2D eigenvalue weighted by molar-refractivity contribution is 7.98. The van der Waals surface area contributed by atoms with E-state index in [0.29, 0.717) is 49.3 Å². The minimum atomic E-state index is -0.190. The average Bonchev–Trinajstić information content (AvgIpc) is 3.17. The summed E-state index contributed by atoms with van der Waals surface area (Å²) < 4.78 is 6.86. The molecule has 0 aliphatic rings. The Labute approximate surface area is 180 Å². The lowest BCUT2D eigenvalue weighted by molar-refractivity contribution is 0.382. The van der Waals surface area contributed by atoms with Crippen LogP contribution in [-0.4, -0.2) is 19.7 Å². The van der Waals surface area contributed by atoms with E-state index in [0.717, 1.165) is 0 Å². The van der Waals surface area contributed by atoms with E-state index in [9.17, 15) is 4.79 Å². The van der Waals surface area contributed by atoms with Crippen LogP contribution in [0.3, 0.4) is 0 Å². The number of thioether (sulfide) groups is 1. The molecule has 0 aliphatic heterocycles. The van der Waals surface area contributed by atoms with Gasteiger partial charge in [-0.05, 0) is 42.5 Å². The first kappa shape index (κ1) is 19.9. The summed E-state index contributed by atoms with van der Waals surface area (Å²) >= 11 is 13.4. The Morgan fingerprint density at radius 3 is 2.48 bits per heavy atom. The highest BCUT2D eigenvalue weighted by Gasteiger charge is 2.16. The third-order valence-corrected chi connectivity index (χ3v) is 5.62. The molecule has 0 amide bonds. The largest absolute Gasteiger partial charge is 0.338 e. The number of benzene rings is 2. The van der Waals surface area contributed by atoms with Gasteiger partial charge in [-0.25, -0.2) is 4.98 Å². The Kier molecular flexibility index (Phi) is 5.63. The quantitative estimate of drug-likeness (QED) is 0.298. The summed E-state index contributed by atoms with van der Waals surface area (Å²) in [7, 11) is 0. The number of hydrogen-bond acceptors (Lipinski definition) is 6. The first-order valence-corrected chi connectivity index (χ1v) is 10.6. The predicted molar refractivity (Wildman–Crippen MR) is 115 cm³/mol. The Morgan fingerprint density at radius 2 is 1.79 bits per heavy atom. The van der Waals surface area contributed by atoms with Crippen LogP contribution in [0.2, 0.25) is 10.0 Å². The number of nitrogens with zero attached hydrogens (tertiary/aromatic N) is 4. The van der Waals surface area contributed by atoms with Crippen molar-refractivity contribution in [3.8, 4) is 5.69 Å². The molecule has 0 atom stereocenters. The van der Waals surface area contributed by atoms with Crippen LogP contribution in [0.4, 0.5) is 0 Å². The zero-order valence-corrected chi connectivity index (χ0v) is 17.9. The highest BCUT2D eigenvalue weighted by Crippen LogP contribution is 2.26. The van der Waals surface area contributed by atoms with Crippen molar-refractivity contribution in [2.24, 2.45) is 0 Å². The van der Waals surface area contributed by atoms with Gasteiger partial charge in [0.25, 0.3) is 5.56 Å². The van der Waals surface area contributed by atoms with E-state index < -0.39 is 0 Å². The van der Waals surface area contributed by atoms with Crippen LogP contribution in [0.5, 0.6) is 0 Å². The van der Waals surface area contributed by atoms with Gasteiger partial charge in [0.2, 0.25) is 5.89 Å². The molecule has 6 nitrogen and oxygen atoms in total. The SMILES string of the molecule is CC(C)c1noc(CSc2nc3cc(Cl)ccc3c(=O)n2-c2ccc(Cl)cc2)n1. The first-order chi connectivity index (χ1) is 13.9. The number of hydrogen-bond donors (Lipinski definition) is 0. The molecular weight excluding hydrogens is 431 g/mol. The molecule has 148 valence electrons. The Balaban J connectivity index is 1.80. The maximum absolute atomic E-state index is 13.2. The van der Waals surface area contributed by atoms with E-state index in [4.69, 9.17) is 27.7 Å². The summed E-state index contributed by atoms with van der Waals surface area (Å²) in [5, 5.41) is 6.06. The number of rotatable bonds is 5. The smallest absolute Gasteiger partial charge is 0.266 e. The molecule has 0 unspecified atom stereocenters. The molecule has 4 aromatic rings. The van der Waals surface area contributed by atoms with Crippen LogP contribution in [-0.2, 0) is 5.75 Å². The van der Waals surface area contributed by atoms with Crippen molar-refractivity contribution >= 4 is 45.9 Å². The zero-order valence-electron chi connectivity index (χ0n) is 15.6. The van der Waals surface area contributed by atoms with E-state index in [1.165, 1.54) is 11.8 Å². The van der Waals surface area contributed by atoms with Gasteiger partial charge in [-0.2, -0.15) is 4.98 Å². The fraction of sp³-hybridized carbons (Fsp3) is 0.200. The third-order valence-electron chi connectivity index (χ3n) is 4.21. The Bertz CT molecular complexity index is 1240. The number of fused-ring (bicyclic) bond motifs is 1. The number of aromatic nitrogens is 4. The van der Waals surface area contributed by atoms with Gasteiger partial charge in [0.15, 0.2) is 11.0 Å². The zero-order chi connectivity index (χ0) is 20.5. The molecule has 0 saturated heterocycles. The van der Waals surface area contributed by atoms with Gasteiger partial charge in [0, 0.05) is 16.0 Å². The summed E-state index contributed by atoms with van der Waals surface area (Å²) in [6.07, 6.45) is 0. The van der Waals surface area contributed by atoms with Gasteiger partial charge in [-0.3, -0.25) is 9.36 Å². The van der Waals surface area contributed by atoms with Crippen LogP contribution in [0, 0.1) is 0 Å². The van der Waals surface area contributed by atoms with Crippen LogP contribution in [0.25, 0.3) is 16.6 Å². The molecule has 9 heteroatoms. The van der Waals surface area contributed by atoms with Crippen molar-refractivity contribution < 1.29 is 4.52 Å². The average molecular weight is 447 g/mol. The van der Waals surface area contributed by atoms with E-state index in [2.05, 4.69) is 15.1 Å². The second-order valence-electron chi connectivity index (χ2n) is 6.66. The van der Waals surface area contributed by atoms with E-state index in [-0.39, 0.29) is 11.5 Å². The van der Waals surface area contributed by atoms with Gasteiger partial charge >= 0.3 is 0 Å². The molecule has 0 radical (unpaired) electrons. The lowest BCUT2D eigenvalue weighted by atomic mass is 10.2. The van der Waals surface area contributed by atoms with Gasteiger partial charge < -0.3 is 4.52 Å². The molecule has 0 fully saturated rings. The summed E-state index contributed by atoms with van der Waals surface area (Å²) in [4.78, 5) is 22.3. The standard InChI is InChI=1S/C20H16Cl2N4O2S/c1-11(2)18-24-17(28-25-18)10-29-20-23-16-9-13(22)5-8-15(16)19(27)26(20)14-6-3-12(21)4-7-14/h3-9,11H,10H2,1-2H3. The summed E-state index contributed by atoms with van der Waals surface area (Å²) in [6, 6.07) is 12.1. The van der Waals surface area contributed by atoms with Gasteiger partial charge in [0.05, 0.1) is 22.3 Å². The van der Waals surface area contributed by atoms with Crippen molar-refractivity contribution in [2.75, 3.05) is 0 Å². The van der Waals surface area contributed by atoms with Gasteiger partial charge in [-0.15, -0.1) is 0 Å². The molecule has 0 aliphatic carbocycles. The van der Waals surface area contributed by atoms with Crippen LogP contribution < -0.4 is 5.56 Å². The van der Waals surface area contributed by atoms with E-state index in [1.807, 2.05) is 13.8 Å².